The van der Waals surface area contributed by atoms with E-state index in [-0.39, 0.29) is 11.9 Å². The van der Waals surface area contributed by atoms with Crippen LogP contribution in [0.4, 0.5) is 0 Å². The number of rotatable bonds is 4. The third-order valence-electron chi connectivity index (χ3n) is 5.41. The number of carbonyl (C=O) groups excluding carboxylic acids is 1. The van der Waals surface area contributed by atoms with Crippen molar-refractivity contribution in [1.82, 2.24) is 15.1 Å². The van der Waals surface area contributed by atoms with Crippen LogP contribution in [-0.2, 0) is 6.42 Å². The molecule has 1 atom stereocenters. The Kier molecular flexibility index (Phi) is 4.74. The Balaban J connectivity index is 1.50. The number of para-hydroxylation sites is 1. The van der Waals surface area contributed by atoms with E-state index >= 15 is 0 Å². The first-order valence-electron chi connectivity index (χ1n) is 9.87. The molecule has 0 spiro atoms. The minimum absolute atomic E-state index is 0.0451. The molecule has 2 aromatic heterocycles. The minimum Gasteiger partial charge on any atom is -0.345 e. The predicted molar refractivity (Wildman–Crippen MR) is 116 cm³/mol. The number of nitrogens with zero attached hydrogens (tertiary/aromatic N) is 2. The summed E-state index contributed by atoms with van der Waals surface area (Å²) >= 11 is 1.59. The normalized spacial score (nSPS) is 15.7. The van der Waals surface area contributed by atoms with Gasteiger partial charge in [0.2, 0.25) is 0 Å². The Bertz CT molecular complexity index is 1130. The third-order valence-corrected chi connectivity index (χ3v) is 6.29. The van der Waals surface area contributed by atoms with Crippen LogP contribution < -0.4 is 5.32 Å². The molecule has 29 heavy (non-hydrogen) atoms. The number of benzene rings is 2. The number of hydrogen-bond acceptors (Lipinski definition) is 3. The van der Waals surface area contributed by atoms with Gasteiger partial charge >= 0.3 is 0 Å². The molecule has 0 saturated heterocycles. The van der Waals surface area contributed by atoms with E-state index in [1.807, 2.05) is 60.1 Å². The zero-order valence-corrected chi connectivity index (χ0v) is 16.7. The molecule has 5 rings (SSSR count). The fraction of sp³-hybridized carbons (Fsp3) is 0.167. The maximum absolute atomic E-state index is 13.3. The zero-order chi connectivity index (χ0) is 19.6. The van der Waals surface area contributed by atoms with E-state index in [1.165, 1.54) is 11.1 Å². The maximum Gasteiger partial charge on any atom is 0.255 e. The predicted octanol–water partition coefficient (Wildman–Crippen LogP) is 5.41. The summed E-state index contributed by atoms with van der Waals surface area (Å²) in [6, 6.07) is 22.4. The van der Waals surface area contributed by atoms with Crippen LogP contribution in [0.25, 0.3) is 16.3 Å². The number of hydrogen-bond donors (Lipinski definition) is 1. The van der Waals surface area contributed by atoms with Crippen molar-refractivity contribution in [3.05, 3.63) is 95.0 Å². The lowest BCUT2D eigenvalue weighted by Crippen LogP contribution is -2.31. The highest BCUT2D eigenvalue weighted by molar-refractivity contribution is 7.13. The Hall–Kier alpha value is -3.18. The molecule has 1 N–H and O–H groups in total. The summed E-state index contributed by atoms with van der Waals surface area (Å²) in [5, 5.41) is 10.0. The zero-order valence-electron chi connectivity index (χ0n) is 15.9. The lowest BCUT2D eigenvalue weighted by atomic mass is 9.87. The second-order valence-corrected chi connectivity index (χ2v) is 8.21. The average Bonchev–Trinajstić information content (AvgIpc) is 3.45. The fourth-order valence-electron chi connectivity index (χ4n) is 3.99. The van der Waals surface area contributed by atoms with Gasteiger partial charge in [0, 0.05) is 6.20 Å². The Morgan fingerprint density at radius 3 is 2.69 bits per heavy atom. The van der Waals surface area contributed by atoms with Crippen LogP contribution in [0.3, 0.4) is 0 Å². The third kappa shape index (κ3) is 3.49. The molecule has 0 fully saturated rings. The highest BCUT2D eigenvalue weighted by Gasteiger charge is 2.25. The maximum atomic E-state index is 13.3. The van der Waals surface area contributed by atoms with Crippen LogP contribution in [-0.4, -0.2) is 15.7 Å². The van der Waals surface area contributed by atoms with Crippen LogP contribution in [0.5, 0.6) is 0 Å². The molecule has 0 aliphatic heterocycles. The Morgan fingerprint density at radius 1 is 1.03 bits per heavy atom. The first-order valence-corrected chi connectivity index (χ1v) is 10.8. The summed E-state index contributed by atoms with van der Waals surface area (Å²) < 4.78 is 1.79. The van der Waals surface area contributed by atoms with Crippen molar-refractivity contribution >= 4 is 17.2 Å². The van der Waals surface area contributed by atoms with E-state index in [0.717, 1.165) is 35.5 Å². The number of carbonyl (C=O) groups is 1. The standard InChI is InChI=1S/C24H21N3OS/c28-24(25-21-13-6-9-17-8-4-5-12-19(17)21)20-16-27(18-10-2-1-3-11-18)26-23(20)22-14-7-15-29-22/h1-5,7-8,10-12,14-16,21H,6,9,13H2,(H,25,28). The van der Waals surface area contributed by atoms with Gasteiger partial charge in [0.05, 0.1) is 22.2 Å². The molecular weight excluding hydrogens is 378 g/mol. The first-order chi connectivity index (χ1) is 14.3. The van der Waals surface area contributed by atoms with Gasteiger partial charge in [-0.25, -0.2) is 4.68 Å². The van der Waals surface area contributed by atoms with Crippen molar-refractivity contribution in [2.24, 2.45) is 0 Å². The smallest absolute Gasteiger partial charge is 0.255 e. The number of thiophene rings is 1. The molecule has 1 aliphatic carbocycles. The highest BCUT2D eigenvalue weighted by atomic mass is 32.1. The van der Waals surface area contributed by atoms with Crippen LogP contribution >= 0.6 is 11.3 Å². The van der Waals surface area contributed by atoms with Crippen LogP contribution in [0, 0.1) is 0 Å². The molecule has 4 nitrogen and oxygen atoms in total. The van der Waals surface area contributed by atoms with Crippen molar-refractivity contribution in [3.8, 4) is 16.3 Å². The van der Waals surface area contributed by atoms with E-state index in [2.05, 4.69) is 23.5 Å². The first kappa shape index (κ1) is 17.9. The molecule has 0 radical (unpaired) electrons. The monoisotopic (exact) mass is 399 g/mol. The van der Waals surface area contributed by atoms with Crippen molar-refractivity contribution in [1.29, 1.82) is 0 Å². The number of nitrogens with one attached hydrogen (secondary N) is 1. The van der Waals surface area contributed by atoms with Gasteiger partial charge in [0.1, 0.15) is 5.69 Å². The summed E-state index contributed by atoms with van der Waals surface area (Å²) in [4.78, 5) is 14.3. The van der Waals surface area contributed by atoms with Gasteiger partial charge in [-0.3, -0.25) is 4.79 Å². The highest BCUT2D eigenvalue weighted by Crippen LogP contribution is 2.31. The fourth-order valence-corrected chi connectivity index (χ4v) is 4.71. The number of aromatic nitrogens is 2. The molecule has 4 aromatic rings. The van der Waals surface area contributed by atoms with Crippen LogP contribution in [0.15, 0.2) is 78.3 Å². The Morgan fingerprint density at radius 2 is 1.86 bits per heavy atom. The van der Waals surface area contributed by atoms with E-state index in [0.29, 0.717) is 5.56 Å². The summed E-state index contributed by atoms with van der Waals surface area (Å²) in [7, 11) is 0. The van der Waals surface area contributed by atoms with Gasteiger partial charge in [-0.05, 0) is 54.0 Å². The molecule has 2 heterocycles. The number of aryl methyl sites for hydroxylation is 1. The van der Waals surface area contributed by atoms with Crippen LogP contribution in [0.2, 0.25) is 0 Å². The van der Waals surface area contributed by atoms with Crippen LogP contribution in [0.1, 0.15) is 40.4 Å². The second kappa shape index (κ2) is 7.68. The van der Waals surface area contributed by atoms with Gasteiger partial charge in [-0.1, -0.05) is 48.5 Å². The van der Waals surface area contributed by atoms with Crippen molar-refractivity contribution < 1.29 is 4.79 Å². The van der Waals surface area contributed by atoms with Crippen molar-refractivity contribution in [2.45, 2.75) is 25.3 Å². The molecule has 0 bridgehead atoms. The van der Waals surface area contributed by atoms with Crippen molar-refractivity contribution in [3.63, 3.8) is 0 Å². The molecule has 1 amide bonds. The van der Waals surface area contributed by atoms with Gasteiger partial charge in [0.25, 0.3) is 5.91 Å². The summed E-state index contributed by atoms with van der Waals surface area (Å²) in [5.41, 5.74) is 4.85. The summed E-state index contributed by atoms with van der Waals surface area (Å²) in [5.74, 6) is -0.0720. The quantitative estimate of drug-likeness (QED) is 0.499. The minimum atomic E-state index is -0.0720. The average molecular weight is 400 g/mol. The SMILES string of the molecule is O=C(NC1CCCc2ccccc21)c1cn(-c2ccccc2)nc1-c1cccs1. The molecule has 144 valence electrons. The van der Waals surface area contributed by atoms with Crippen molar-refractivity contribution in [2.75, 3.05) is 0 Å². The molecule has 1 unspecified atom stereocenters. The molecule has 1 aliphatic rings. The molecule has 2 aromatic carbocycles. The van der Waals surface area contributed by atoms with Gasteiger partial charge in [-0.2, -0.15) is 5.10 Å². The van der Waals surface area contributed by atoms with E-state index in [9.17, 15) is 4.79 Å². The van der Waals surface area contributed by atoms with E-state index in [1.54, 1.807) is 16.0 Å². The topological polar surface area (TPSA) is 46.9 Å². The summed E-state index contributed by atoms with van der Waals surface area (Å²) in [6.45, 7) is 0. The van der Waals surface area contributed by atoms with Gasteiger partial charge < -0.3 is 5.32 Å². The lowest BCUT2D eigenvalue weighted by Gasteiger charge is -2.26. The lowest BCUT2D eigenvalue weighted by molar-refractivity contribution is 0.0933. The van der Waals surface area contributed by atoms with E-state index in [4.69, 9.17) is 5.10 Å². The van der Waals surface area contributed by atoms with Gasteiger partial charge in [-0.15, -0.1) is 11.3 Å². The molecular formula is C24H21N3OS. The molecule has 0 saturated carbocycles. The van der Waals surface area contributed by atoms with E-state index < -0.39 is 0 Å². The second-order valence-electron chi connectivity index (χ2n) is 7.27. The molecule has 5 heteroatoms. The summed E-state index contributed by atoms with van der Waals surface area (Å²) in [6.07, 6.45) is 4.97. The number of fused-ring (bicyclic) bond motifs is 1. The largest absolute Gasteiger partial charge is 0.345 e. The van der Waals surface area contributed by atoms with Gasteiger partial charge in [0.15, 0.2) is 0 Å². The number of amides is 1. The Labute approximate surface area is 173 Å².